The van der Waals surface area contributed by atoms with Crippen molar-refractivity contribution < 1.29 is 14.3 Å². The van der Waals surface area contributed by atoms with Crippen LogP contribution >= 0.6 is 0 Å². The van der Waals surface area contributed by atoms with Crippen molar-refractivity contribution in [2.24, 2.45) is 0 Å². The lowest BCUT2D eigenvalue weighted by Gasteiger charge is -2.17. The van der Waals surface area contributed by atoms with Gasteiger partial charge in [-0.2, -0.15) is 0 Å². The quantitative estimate of drug-likeness (QED) is 0.523. The van der Waals surface area contributed by atoms with Crippen LogP contribution in [0.2, 0.25) is 0 Å². The molecule has 0 aromatic heterocycles. The molecule has 0 saturated heterocycles. The summed E-state index contributed by atoms with van der Waals surface area (Å²) < 4.78 is 5.41. The second-order valence-corrected chi connectivity index (χ2v) is 6.63. The molecule has 5 heteroatoms. The number of rotatable bonds is 8. The van der Waals surface area contributed by atoms with Crippen LogP contribution in [0.4, 0.5) is 11.4 Å². The molecule has 0 radical (unpaired) electrons. The second kappa shape index (κ2) is 9.76. The van der Waals surface area contributed by atoms with E-state index >= 15 is 0 Å². The Kier molecular flexibility index (Phi) is 7.41. The van der Waals surface area contributed by atoms with Gasteiger partial charge in [-0.05, 0) is 50.5 Å². The number of anilines is 2. The van der Waals surface area contributed by atoms with Gasteiger partial charge in [0, 0.05) is 17.9 Å². The van der Waals surface area contributed by atoms with E-state index in [0.717, 1.165) is 41.9 Å². The van der Waals surface area contributed by atoms with E-state index in [1.54, 1.807) is 19.1 Å². The van der Waals surface area contributed by atoms with Gasteiger partial charge in [0.15, 0.2) is 6.10 Å². The van der Waals surface area contributed by atoms with E-state index < -0.39 is 12.1 Å². The Morgan fingerprint density at radius 3 is 2.37 bits per heavy atom. The van der Waals surface area contributed by atoms with Gasteiger partial charge < -0.3 is 15.4 Å². The normalized spacial score (nSPS) is 11.6. The van der Waals surface area contributed by atoms with Crippen LogP contribution in [0, 0.1) is 13.8 Å². The Morgan fingerprint density at radius 1 is 1.04 bits per heavy atom. The number of carbonyl (C=O) groups is 2. The molecular formula is C22H28N2O3. The molecule has 0 fully saturated rings. The van der Waals surface area contributed by atoms with Crippen molar-refractivity contribution >= 4 is 23.3 Å². The maximum atomic E-state index is 12.6. The molecule has 0 aliphatic heterocycles. The maximum Gasteiger partial charge on any atom is 0.341 e. The number of benzene rings is 2. The van der Waals surface area contributed by atoms with Crippen LogP contribution in [0.5, 0.6) is 0 Å². The molecule has 5 nitrogen and oxygen atoms in total. The summed E-state index contributed by atoms with van der Waals surface area (Å²) in [5.74, 6) is -0.865. The molecule has 0 aliphatic rings. The molecule has 1 atom stereocenters. The number of nitrogens with one attached hydrogen (secondary N) is 2. The van der Waals surface area contributed by atoms with Gasteiger partial charge in [0.25, 0.3) is 5.91 Å². The number of para-hydroxylation sites is 2. The summed E-state index contributed by atoms with van der Waals surface area (Å²) in [4.78, 5) is 25.0. The largest absolute Gasteiger partial charge is 0.449 e. The zero-order valence-corrected chi connectivity index (χ0v) is 16.5. The van der Waals surface area contributed by atoms with E-state index in [0.29, 0.717) is 5.56 Å². The minimum absolute atomic E-state index is 0.350. The van der Waals surface area contributed by atoms with Gasteiger partial charge in [-0.3, -0.25) is 4.79 Å². The number of unbranched alkanes of at least 4 members (excludes halogenated alkanes) is 1. The van der Waals surface area contributed by atoms with Crippen molar-refractivity contribution in [1.29, 1.82) is 0 Å². The molecular weight excluding hydrogens is 340 g/mol. The number of ether oxygens (including phenoxy) is 1. The first-order valence-corrected chi connectivity index (χ1v) is 9.35. The second-order valence-electron chi connectivity index (χ2n) is 6.63. The maximum absolute atomic E-state index is 12.6. The summed E-state index contributed by atoms with van der Waals surface area (Å²) in [6.45, 7) is 8.32. The summed E-state index contributed by atoms with van der Waals surface area (Å²) in [5, 5.41) is 6.11. The molecule has 0 saturated carbocycles. The molecule has 2 aromatic carbocycles. The Morgan fingerprint density at radius 2 is 1.70 bits per heavy atom. The highest BCUT2D eigenvalue weighted by molar-refractivity contribution is 6.00. The summed E-state index contributed by atoms with van der Waals surface area (Å²) >= 11 is 0. The van der Waals surface area contributed by atoms with Crippen LogP contribution in [-0.4, -0.2) is 24.5 Å². The van der Waals surface area contributed by atoms with Gasteiger partial charge in [0.1, 0.15) is 0 Å². The summed E-state index contributed by atoms with van der Waals surface area (Å²) in [6, 6.07) is 13.0. The lowest BCUT2D eigenvalue weighted by Crippen LogP contribution is -2.30. The third-order valence-electron chi connectivity index (χ3n) is 4.38. The van der Waals surface area contributed by atoms with Crippen molar-refractivity contribution in [3.63, 3.8) is 0 Å². The molecule has 144 valence electrons. The Labute approximate surface area is 161 Å². The van der Waals surface area contributed by atoms with Crippen LogP contribution in [0.3, 0.4) is 0 Å². The molecule has 2 aromatic rings. The summed E-state index contributed by atoms with van der Waals surface area (Å²) in [5.41, 5.74) is 3.84. The lowest BCUT2D eigenvalue weighted by molar-refractivity contribution is -0.123. The predicted molar refractivity (Wildman–Crippen MR) is 109 cm³/mol. The van der Waals surface area contributed by atoms with Crippen LogP contribution in [0.25, 0.3) is 0 Å². The van der Waals surface area contributed by atoms with Crippen LogP contribution in [-0.2, 0) is 9.53 Å². The minimum atomic E-state index is -0.903. The van der Waals surface area contributed by atoms with Gasteiger partial charge in [0.2, 0.25) is 0 Å². The zero-order chi connectivity index (χ0) is 19.8. The van der Waals surface area contributed by atoms with Gasteiger partial charge >= 0.3 is 5.97 Å². The fourth-order valence-electron chi connectivity index (χ4n) is 2.73. The van der Waals surface area contributed by atoms with E-state index in [4.69, 9.17) is 4.74 Å². The lowest BCUT2D eigenvalue weighted by atomic mass is 10.1. The number of aryl methyl sites for hydroxylation is 2. The van der Waals surface area contributed by atoms with E-state index in [9.17, 15) is 9.59 Å². The minimum Gasteiger partial charge on any atom is -0.449 e. The Bertz CT molecular complexity index is 782. The van der Waals surface area contributed by atoms with Crippen molar-refractivity contribution in [1.82, 2.24) is 0 Å². The number of hydrogen-bond acceptors (Lipinski definition) is 4. The highest BCUT2D eigenvalue weighted by Crippen LogP contribution is 2.21. The zero-order valence-electron chi connectivity index (χ0n) is 16.5. The molecule has 2 rings (SSSR count). The van der Waals surface area contributed by atoms with E-state index in [1.165, 1.54) is 0 Å². The van der Waals surface area contributed by atoms with Crippen molar-refractivity contribution in [3.8, 4) is 0 Å². The number of esters is 1. The highest BCUT2D eigenvalue weighted by atomic mass is 16.5. The third kappa shape index (κ3) is 5.58. The van der Waals surface area contributed by atoms with Gasteiger partial charge in [-0.15, -0.1) is 0 Å². The standard InChI is InChI=1S/C22H28N2O3/c1-5-6-14-23-19-13-8-7-12-18(19)22(26)27-17(4)21(25)24-20-15(2)10-9-11-16(20)3/h7-13,17,23H,5-6,14H2,1-4H3,(H,24,25)/t17-/m1/s1. The number of carbonyl (C=O) groups excluding carboxylic acids is 2. The molecule has 2 N–H and O–H groups in total. The van der Waals surface area contributed by atoms with E-state index in [-0.39, 0.29) is 5.91 Å². The van der Waals surface area contributed by atoms with E-state index in [1.807, 2.05) is 44.2 Å². The SMILES string of the molecule is CCCCNc1ccccc1C(=O)O[C@H](C)C(=O)Nc1c(C)cccc1C. The first kappa shape index (κ1) is 20.5. The number of hydrogen-bond donors (Lipinski definition) is 2. The first-order chi connectivity index (χ1) is 12.9. The topological polar surface area (TPSA) is 67.4 Å². The molecule has 0 aliphatic carbocycles. The summed E-state index contributed by atoms with van der Waals surface area (Å²) in [6.07, 6.45) is 1.17. The average Bonchev–Trinajstić information content (AvgIpc) is 2.65. The van der Waals surface area contributed by atoms with Gasteiger partial charge in [0.05, 0.1) is 5.56 Å². The monoisotopic (exact) mass is 368 g/mol. The Hall–Kier alpha value is -2.82. The fourth-order valence-corrected chi connectivity index (χ4v) is 2.73. The first-order valence-electron chi connectivity index (χ1n) is 9.35. The molecule has 27 heavy (non-hydrogen) atoms. The molecule has 0 bridgehead atoms. The summed E-state index contributed by atoms with van der Waals surface area (Å²) in [7, 11) is 0. The van der Waals surface area contributed by atoms with Crippen LogP contribution in [0.15, 0.2) is 42.5 Å². The van der Waals surface area contributed by atoms with Crippen molar-refractivity contribution in [2.75, 3.05) is 17.2 Å². The molecule has 0 heterocycles. The van der Waals surface area contributed by atoms with Gasteiger partial charge in [-0.1, -0.05) is 43.7 Å². The average molecular weight is 368 g/mol. The highest BCUT2D eigenvalue weighted by Gasteiger charge is 2.21. The number of amides is 1. The van der Waals surface area contributed by atoms with Crippen LogP contribution in [0.1, 0.15) is 48.2 Å². The van der Waals surface area contributed by atoms with Crippen molar-refractivity contribution in [3.05, 3.63) is 59.2 Å². The molecule has 0 unspecified atom stereocenters. The predicted octanol–water partition coefficient (Wildman–Crippen LogP) is 4.70. The fraction of sp³-hybridized carbons (Fsp3) is 0.364. The molecule has 1 amide bonds. The van der Waals surface area contributed by atoms with E-state index in [2.05, 4.69) is 17.6 Å². The Balaban J connectivity index is 2.04. The van der Waals surface area contributed by atoms with Crippen LogP contribution < -0.4 is 10.6 Å². The molecule has 0 spiro atoms. The van der Waals surface area contributed by atoms with Crippen molar-refractivity contribution in [2.45, 2.75) is 46.6 Å². The smallest absolute Gasteiger partial charge is 0.341 e. The third-order valence-corrected chi connectivity index (χ3v) is 4.38. The van der Waals surface area contributed by atoms with Gasteiger partial charge in [-0.25, -0.2) is 4.79 Å².